The molecule has 2 heteroatoms. The van der Waals surface area contributed by atoms with Crippen molar-refractivity contribution in [3.05, 3.63) is 35.4 Å². The second-order valence-electron chi connectivity index (χ2n) is 5.57. The molecular formula is C16H25NO. The summed E-state index contributed by atoms with van der Waals surface area (Å²) in [6.45, 7) is 8.48. The highest BCUT2D eigenvalue weighted by atomic mass is 16.5. The molecule has 100 valence electrons. The molecule has 1 aliphatic rings. The number of aryl methyl sites for hydroxylation is 1. The van der Waals surface area contributed by atoms with Crippen molar-refractivity contribution >= 4 is 0 Å². The van der Waals surface area contributed by atoms with E-state index in [0.717, 1.165) is 26.0 Å². The minimum atomic E-state index is -0.000242. The second-order valence-corrected chi connectivity index (χ2v) is 5.57. The Kier molecular flexibility index (Phi) is 4.41. The monoisotopic (exact) mass is 247 g/mol. The number of nitrogens with one attached hydrogen (secondary N) is 1. The summed E-state index contributed by atoms with van der Waals surface area (Å²) in [5.74, 6) is 0. The summed E-state index contributed by atoms with van der Waals surface area (Å²) in [7, 11) is 0. The average molecular weight is 247 g/mol. The van der Waals surface area contributed by atoms with Gasteiger partial charge in [-0.05, 0) is 45.2 Å². The van der Waals surface area contributed by atoms with E-state index in [0.29, 0.717) is 6.04 Å². The van der Waals surface area contributed by atoms with Crippen LogP contribution in [0.4, 0.5) is 0 Å². The molecule has 0 aliphatic carbocycles. The fourth-order valence-corrected chi connectivity index (χ4v) is 2.90. The maximum Gasteiger partial charge on any atom is 0.0810 e. The Morgan fingerprint density at radius 3 is 2.89 bits per heavy atom. The molecule has 2 unspecified atom stereocenters. The number of likely N-dealkylation sites (N-methyl/N-ethyl adjacent to an activating group) is 1. The zero-order chi connectivity index (χ0) is 13.0. The molecule has 1 aromatic carbocycles. The number of hydrogen-bond acceptors (Lipinski definition) is 2. The van der Waals surface area contributed by atoms with Gasteiger partial charge in [0.05, 0.1) is 5.60 Å². The molecule has 1 N–H and O–H groups in total. The van der Waals surface area contributed by atoms with Crippen molar-refractivity contribution in [2.75, 3.05) is 13.2 Å². The van der Waals surface area contributed by atoms with E-state index in [4.69, 9.17) is 4.74 Å². The quantitative estimate of drug-likeness (QED) is 0.863. The largest absolute Gasteiger partial charge is 0.374 e. The van der Waals surface area contributed by atoms with Crippen LogP contribution in [0.15, 0.2) is 24.3 Å². The van der Waals surface area contributed by atoms with Gasteiger partial charge >= 0.3 is 0 Å². The van der Waals surface area contributed by atoms with E-state index in [1.165, 1.54) is 17.5 Å². The number of benzene rings is 1. The van der Waals surface area contributed by atoms with Crippen LogP contribution in [0.25, 0.3) is 0 Å². The number of ether oxygens (including phenoxy) is 1. The Bertz CT molecular complexity index is 382. The van der Waals surface area contributed by atoms with Crippen molar-refractivity contribution in [1.82, 2.24) is 5.32 Å². The van der Waals surface area contributed by atoms with E-state index < -0.39 is 0 Å². The molecule has 1 heterocycles. The van der Waals surface area contributed by atoms with Crippen LogP contribution in [0.1, 0.15) is 37.8 Å². The summed E-state index contributed by atoms with van der Waals surface area (Å²) in [6, 6.07) is 9.20. The zero-order valence-electron chi connectivity index (χ0n) is 11.8. The first kappa shape index (κ1) is 13.6. The van der Waals surface area contributed by atoms with Crippen LogP contribution in [-0.2, 0) is 11.2 Å². The van der Waals surface area contributed by atoms with E-state index in [1.54, 1.807) is 0 Å². The van der Waals surface area contributed by atoms with Crippen molar-refractivity contribution in [2.45, 2.75) is 51.7 Å². The van der Waals surface area contributed by atoms with Gasteiger partial charge in [-0.1, -0.05) is 36.8 Å². The highest BCUT2D eigenvalue weighted by Gasteiger charge is 2.37. The molecule has 2 nitrogen and oxygen atoms in total. The molecule has 0 amide bonds. The predicted molar refractivity (Wildman–Crippen MR) is 75.9 cm³/mol. The summed E-state index contributed by atoms with van der Waals surface area (Å²) >= 11 is 0. The molecule has 0 bridgehead atoms. The minimum absolute atomic E-state index is 0.000242. The summed E-state index contributed by atoms with van der Waals surface area (Å²) in [5.41, 5.74) is 2.73. The molecule has 1 aliphatic heterocycles. The van der Waals surface area contributed by atoms with Gasteiger partial charge < -0.3 is 10.1 Å². The minimum Gasteiger partial charge on any atom is -0.374 e. The highest BCUT2D eigenvalue weighted by Crippen LogP contribution is 2.30. The van der Waals surface area contributed by atoms with Crippen LogP contribution in [0.2, 0.25) is 0 Å². The molecule has 1 saturated heterocycles. The molecule has 1 fully saturated rings. The third-order valence-electron chi connectivity index (χ3n) is 3.96. The lowest BCUT2D eigenvalue weighted by Gasteiger charge is -2.34. The van der Waals surface area contributed by atoms with Gasteiger partial charge in [-0.2, -0.15) is 0 Å². The van der Waals surface area contributed by atoms with Crippen molar-refractivity contribution in [3.8, 4) is 0 Å². The van der Waals surface area contributed by atoms with Gasteiger partial charge in [0.2, 0.25) is 0 Å². The van der Waals surface area contributed by atoms with E-state index in [9.17, 15) is 0 Å². The van der Waals surface area contributed by atoms with Gasteiger partial charge in [-0.25, -0.2) is 0 Å². The van der Waals surface area contributed by atoms with Crippen molar-refractivity contribution in [1.29, 1.82) is 0 Å². The van der Waals surface area contributed by atoms with Crippen molar-refractivity contribution in [3.63, 3.8) is 0 Å². The van der Waals surface area contributed by atoms with Gasteiger partial charge in [0.25, 0.3) is 0 Å². The van der Waals surface area contributed by atoms with Crippen molar-refractivity contribution < 1.29 is 4.74 Å². The third-order valence-corrected chi connectivity index (χ3v) is 3.96. The molecule has 0 radical (unpaired) electrons. The molecule has 18 heavy (non-hydrogen) atoms. The van der Waals surface area contributed by atoms with Gasteiger partial charge in [-0.15, -0.1) is 0 Å². The van der Waals surface area contributed by atoms with Crippen LogP contribution in [0.3, 0.4) is 0 Å². The molecule has 0 saturated carbocycles. The number of rotatable bonds is 5. The molecular weight excluding hydrogens is 222 g/mol. The van der Waals surface area contributed by atoms with Crippen LogP contribution < -0.4 is 5.32 Å². The Morgan fingerprint density at radius 2 is 2.28 bits per heavy atom. The Morgan fingerprint density at radius 1 is 1.44 bits per heavy atom. The van der Waals surface area contributed by atoms with E-state index >= 15 is 0 Å². The standard InChI is InChI=1S/C16H25NO/c1-4-17-15(16(3)9-6-10-18-16)12-14-8-5-7-13(2)11-14/h5,7-8,11,15,17H,4,6,9-10,12H2,1-3H3. The smallest absolute Gasteiger partial charge is 0.0810 e. The van der Waals surface area contributed by atoms with Gasteiger partial charge in [0, 0.05) is 12.6 Å². The molecule has 2 atom stereocenters. The Labute approximate surface area is 111 Å². The first-order valence-electron chi connectivity index (χ1n) is 7.07. The Hall–Kier alpha value is -0.860. The maximum absolute atomic E-state index is 6.00. The molecule has 0 aromatic heterocycles. The van der Waals surface area contributed by atoms with E-state index in [-0.39, 0.29) is 5.60 Å². The van der Waals surface area contributed by atoms with Crippen LogP contribution in [0, 0.1) is 6.92 Å². The summed E-state index contributed by atoms with van der Waals surface area (Å²) in [5, 5.41) is 3.61. The first-order valence-corrected chi connectivity index (χ1v) is 7.07. The third kappa shape index (κ3) is 3.12. The van der Waals surface area contributed by atoms with E-state index in [1.807, 2.05) is 0 Å². The Balaban J connectivity index is 2.10. The lowest BCUT2D eigenvalue weighted by molar-refractivity contribution is -0.0110. The lowest BCUT2D eigenvalue weighted by Crippen LogP contribution is -2.49. The zero-order valence-corrected chi connectivity index (χ0v) is 11.8. The normalized spacial score (nSPS) is 25.3. The molecule has 0 spiro atoms. The number of hydrogen-bond donors (Lipinski definition) is 1. The van der Waals surface area contributed by atoms with Gasteiger partial charge in [0.15, 0.2) is 0 Å². The molecule has 2 rings (SSSR count). The fraction of sp³-hybridized carbons (Fsp3) is 0.625. The predicted octanol–water partition coefficient (Wildman–Crippen LogP) is 3.08. The molecule has 1 aromatic rings. The van der Waals surface area contributed by atoms with Crippen LogP contribution >= 0.6 is 0 Å². The average Bonchev–Trinajstić information content (AvgIpc) is 2.77. The van der Waals surface area contributed by atoms with Crippen LogP contribution in [0.5, 0.6) is 0 Å². The topological polar surface area (TPSA) is 21.3 Å². The van der Waals surface area contributed by atoms with Gasteiger partial charge in [0.1, 0.15) is 0 Å². The van der Waals surface area contributed by atoms with Gasteiger partial charge in [-0.3, -0.25) is 0 Å². The lowest BCUT2D eigenvalue weighted by atomic mass is 9.88. The van der Waals surface area contributed by atoms with Crippen LogP contribution in [-0.4, -0.2) is 24.8 Å². The SMILES string of the molecule is CCNC(Cc1cccc(C)c1)C1(C)CCCO1. The summed E-state index contributed by atoms with van der Waals surface area (Å²) in [4.78, 5) is 0. The summed E-state index contributed by atoms with van der Waals surface area (Å²) < 4.78 is 6.00. The highest BCUT2D eigenvalue weighted by molar-refractivity contribution is 5.23. The maximum atomic E-state index is 6.00. The fourth-order valence-electron chi connectivity index (χ4n) is 2.90. The van der Waals surface area contributed by atoms with E-state index in [2.05, 4.69) is 50.4 Å². The second kappa shape index (κ2) is 5.85. The van der Waals surface area contributed by atoms with Crippen molar-refractivity contribution in [2.24, 2.45) is 0 Å². The summed E-state index contributed by atoms with van der Waals surface area (Å²) in [6.07, 6.45) is 3.40. The first-order chi connectivity index (χ1) is 8.64.